The third-order valence-electron chi connectivity index (χ3n) is 5.77. The summed E-state index contributed by atoms with van der Waals surface area (Å²) in [4.78, 5) is 27.0. The van der Waals surface area contributed by atoms with Gasteiger partial charge in [-0.3, -0.25) is 14.3 Å². The zero-order valence-corrected chi connectivity index (χ0v) is 16.1. The number of rotatable bonds is 4. The molecule has 1 aromatic carbocycles. The predicted octanol–water partition coefficient (Wildman–Crippen LogP) is 2.12. The average Bonchev–Trinajstić information content (AvgIpc) is 2.94. The Bertz CT molecular complexity index is 897. The number of nitrogens with zero attached hydrogens (tertiary/aromatic N) is 3. The molecule has 0 bridgehead atoms. The number of benzene rings is 1. The van der Waals surface area contributed by atoms with Gasteiger partial charge in [-0.05, 0) is 49.8 Å². The smallest absolute Gasteiger partial charge is 0.272 e. The van der Waals surface area contributed by atoms with E-state index in [2.05, 4.69) is 5.10 Å². The van der Waals surface area contributed by atoms with Crippen molar-refractivity contribution in [1.82, 2.24) is 14.7 Å². The van der Waals surface area contributed by atoms with Gasteiger partial charge in [0.1, 0.15) is 5.69 Å². The molecule has 0 radical (unpaired) electrons. The molecule has 2 heterocycles. The first kappa shape index (κ1) is 18.0. The van der Waals surface area contributed by atoms with Gasteiger partial charge in [0.2, 0.25) is 5.91 Å². The average molecular weight is 387 g/mol. The summed E-state index contributed by atoms with van der Waals surface area (Å²) < 4.78 is 1.70. The summed E-state index contributed by atoms with van der Waals surface area (Å²) >= 11 is 5.94. The molecule has 0 unspecified atom stereocenters. The van der Waals surface area contributed by atoms with Crippen LogP contribution in [0.1, 0.15) is 40.2 Å². The maximum Gasteiger partial charge on any atom is 0.272 e. The molecule has 1 aromatic heterocycles. The van der Waals surface area contributed by atoms with Gasteiger partial charge < -0.3 is 10.6 Å². The lowest BCUT2D eigenvalue weighted by Crippen LogP contribution is -2.65. The van der Waals surface area contributed by atoms with E-state index < -0.39 is 5.41 Å². The fourth-order valence-electron chi connectivity index (χ4n) is 4.27. The Morgan fingerprint density at radius 3 is 2.52 bits per heavy atom. The largest absolute Gasteiger partial charge is 0.369 e. The van der Waals surface area contributed by atoms with E-state index in [1.165, 1.54) is 0 Å². The summed E-state index contributed by atoms with van der Waals surface area (Å²) in [7, 11) is 1.82. The number of carbonyl (C=O) groups excluding carboxylic acids is 2. The van der Waals surface area contributed by atoms with E-state index >= 15 is 0 Å². The molecule has 2 N–H and O–H groups in total. The number of hydrogen-bond donors (Lipinski definition) is 1. The molecule has 142 valence electrons. The summed E-state index contributed by atoms with van der Waals surface area (Å²) in [6, 6.07) is 7.40. The number of amides is 2. The van der Waals surface area contributed by atoms with Crippen LogP contribution >= 0.6 is 11.6 Å². The highest BCUT2D eigenvalue weighted by Crippen LogP contribution is 2.36. The van der Waals surface area contributed by atoms with Gasteiger partial charge >= 0.3 is 0 Å². The zero-order chi connectivity index (χ0) is 19.2. The zero-order valence-electron chi connectivity index (χ0n) is 15.4. The Hall–Kier alpha value is -2.34. The Morgan fingerprint density at radius 1 is 1.19 bits per heavy atom. The number of fused-ring (bicyclic) bond motifs is 1. The van der Waals surface area contributed by atoms with Crippen molar-refractivity contribution in [3.05, 3.63) is 51.8 Å². The second kappa shape index (κ2) is 6.68. The lowest BCUT2D eigenvalue weighted by molar-refractivity contribution is -0.135. The van der Waals surface area contributed by atoms with E-state index in [0.29, 0.717) is 30.2 Å². The quantitative estimate of drug-likeness (QED) is 0.873. The van der Waals surface area contributed by atoms with Crippen molar-refractivity contribution >= 4 is 23.4 Å². The first-order valence-electron chi connectivity index (χ1n) is 9.28. The Kier molecular flexibility index (Phi) is 4.46. The minimum absolute atomic E-state index is 0.0545. The molecular formula is C20H23ClN4O2. The van der Waals surface area contributed by atoms with E-state index in [1.807, 2.05) is 19.2 Å². The predicted molar refractivity (Wildman–Crippen MR) is 103 cm³/mol. The third kappa shape index (κ3) is 3.12. The molecule has 27 heavy (non-hydrogen) atoms. The molecule has 1 aliphatic carbocycles. The molecule has 0 atom stereocenters. The number of carbonyl (C=O) groups is 2. The minimum Gasteiger partial charge on any atom is -0.369 e. The minimum atomic E-state index is -0.720. The molecule has 1 fully saturated rings. The highest BCUT2D eigenvalue weighted by molar-refractivity contribution is 6.30. The molecule has 2 aliphatic rings. The van der Waals surface area contributed by atoms with E-state index in [9.17, 15) is 9.59 Å². The topological polar surface area (TPSA) is 81.2 Å². The molecule has 0 saturated carbocycles. The summed E-state index contributed by atoms with van der Waals surface area (Å²) in [6.07, 6.45) is 4.53. The van der Waals surface area contributed by atoms with Gasteiger partial charge in [0.25, 0.3) is 5.91 Å². The fraction of sp³-hybridized carbons (Fsp3) is 0.450. The van der Waals surface area contributed by atoms with Gasteiger partial charge in [-0.25, -0.2) is 0 Å². The van der Waals surface area contributed by atoms with Crippen LogP contribution in [-0.2, 0) is 31.1 Å². The van der Waals surface area contributed by atoms with Crippen LogP contribution < -0.4 is 5.73 Å². The van der Waals surface area contributed by atoms with E-state index in [1.54, 1.807) is 21.7 Å². The highest BCUT2D eigenvalue weighted by atomic mass is 35.5. The van der Waals surface area contributed by atoms with Crippen molar-refractivity contribution in [2.75, 3.05) is 13.1 Å². The highest BCUT2D eigenvalue weighted by Gasteiger charge is 2.50. The number of halogens is 1. The van der Waals surface area contributed by atoms with Gasteiger partial charge in [0, 0.05) is 30.7 Å². The first-order chi connectivity index (χ1) is 12.9. The summed E-state index contributed by atoms with van der Waals surface area (Å²) in [5.74, 6) is -0.422. The second-order valence-electron chi connectivity index (χ2n) is 7.71. The number of hydrogen-bond acceptors (Lipinski definition) is 3. The van der Waals surface area contributed by atoms with Gasteiger partial charge in [-0.2, -0.15) is 5.10 Å². The van der Waals surface area contributed by atoms with Crippen LogP contribution in [-0.4, -0.2) is 39.6 Å². The van der Waals surface area contributed by atoms with Gasteiger partial charge in [0.05, 0.1) is 11.1 Å². The summed E-state index contributed by atoms with van der Waals surface area (Å²) in [5, 5.41) is 5.18. The van der Waals surface area contributed by atoms with E-state index in [0.717, 1.165) is 42.5 Å². The second-order valence-corrected chi connectivity index (χ2v) is 8.15. The maximum atomic E-state index is 13.1. The van der Waals surface area contributed by atoms with Crippen LogP contribution in [0.25, 0.3) is 0 Å². The third-order valence-corrected chi connectivity index (χ3v) is 6.03. The Balaban J connectivity index is 1.53. The number of primary amides is 1. The van der Waals surface area contributed by atoms with Crippen molar-refractivity contribution in [2.24, 2.45) is 18.2 Å². The van der Waals surface area contributed by atoms with Crippen molar-refractivity contribution in [2.45, 2.75) is 32.1 Å². The number of likely N-dealkylation sites (tertiary alicyclic amines) is 1. The molecule has 4 rings (SSSR count). The Morgan fingerprint density at radius 2 is 1.85 bits per heavy atom. The van der Waals surface area contributed by atoms with Crippen molar-refractivity contribution in [1.29, 1.82) is 0 Å². The van der Waals surface area contributed by atoms with Gasteiger partial charge in [-0.1, -0.05) is 23.7 Å². The van der Waals surface area contributed by atoms with Gasteiger partial charge in [-0.15, -0.1) is 0 Å². The molecule has 0 spiro atoms. The molecular weight excluding hydrogens is 364 g/mol. The number of aryl methyl sites for hydroxylation is 2. The van der Waals surface area contributed by atoms with Crippen LogP contribution in [0.3, 0.4) is 0 Å². The fourth-order valence-corrected chi connectivity index (χ4v) is 4.40. The molecule has 7 heteroatoms. The van der Waals surface area contributed by atoms with Crippen LogP contribution in [0.15, 0.2) is 24.3 Å². The first-order valence-corrected chi connectivity index (χ1v) is 9.66. The van der Waals surface area contributed by atoms with Crippen molar-refractivity contribution < 1.29 is 9.59 Å². The number of aromatic nitrogens is 2. The summed E-state index contributed by atoms with van der Waals surface area (Å²) in [5.41, 5.74) is 8.75. The monoisotopic (exact) mass is 386 g/mol. The van der Waals surface area contributed by atoms with E-state index in [-0.39, 0.29) is 11.8 Å². The van der Waals surface area contributed by atoms with Crippen LogP contribution in [0.4, 0.5) is 0 Å². The van der Waals surface area contributed by atoms with Crippen LogP contribution in [0, 0.1) is 5.41 Å². The molecule has 1 aliphatic heterocycles. The lowest BCUT2D eigenvalue weighted by Gasteiger charge is -2.48. The number of nitrogens with two attached hydrogens (primary N) is 1. The molecule has 1 saturated heterocycles. The van der Waals surface area contributed by atoms with Crippen LogP contribution in [0.5, 0.6) is 0 Å². The van der Waals surface area contributed by atoms with E-state index in [4.69, 9.17) is 17.3 Å². The maximum absolute atomic E-state index is 13.1. The van der Waals surface area contributed by atoms with Crippen molar-refractivity contribution in [3.8, 4) is 0 Å². The van der Waals surface area contributed by atoms with Gasteiger partial charge in [0.15, 0.2) is 0 Å². The molecule has 2 amide bonds. The Labute approximate surface area is 163 Å². The SMILES string of the molecule is Cn1nc2c(c1C(=O)N1CC(Cc3ccc(Cl)cc3)(C(N)=O)C1)CCCC2. The normalized spacial score (nSPS) is 17.9. The summed E-state index contributed by atoms with van der Waals surface area (Å²) in [6.45, 7) is 0.674. The van der Waals surface area contributed by atoms with Crippen LogP contribution in [0.2, 0.25) is 5.02 Å². The lowest BCUT2D eigenvalue weighted by atomic mass is 9.74. The standard InChI is InChI=1S/C20H23ClN4O2/c1-24-17(15-4-2-3-5-16(15)23-24)18(26)25-11-20(12-25,19(22)27)10-13-6-8-14(21)9-7-13/h6-9H,2-5,10-12H2,1H3,(H2,22,27). The molecule has 6 nitrogen and oxygen atoms in total. The van der Waals surface area contributed by atoms with Crippen molar-refractivity contribution in [3.63, 3.8) is 0 Å². The molecule has 2 aromatic rings.